The van der Waals surface area contributed by atoms with Crippen LogP contribution in [0.2, 0.25) is 0 Å². The van der Waals surface area contributed by atoms with Gasteiger partial charge in [0.1, 0.15) is 0 Å². The van der Waals surface area contributed by atoms with Crippen molar-refractivity contribution in [3.8, 4) is 5.88 Å². The van der Waals surface area contributed by atoms with E-state index in [1.165, 1.54) is 0 Å². The van der Waals surface area contributed by atoms with E-state index in [0.29, 0.717) is 23.6 Å². The number of nitrogens with zero attached hydrogens (tertiary/aromatic N) is 4. The summed E-state index contributed by atoms with van der Waals surface area (Å²) >= 11 is 0. The zero-order chi connectivity index (χ0) is 23.7. The Hall–Kier alpha value is -3.42. The van der Waals surface area contributed by atoms with Crippen molar-refractivity contribution in [1.29, 1.82) is 0 Å². The number of para-hydroxylation sites is 1. The van der Waals surface area contributed by atoms with Crippen molar-refractivity contribution in [2.75, 3.05) is 25.5 Å². The normalized spacial score (nSPS) is 13.5. The highest BCUT2D eigenvalue weighted by atomic mass is 16.5. The molecule has 33 heavy (non-hydrogen) atoms. The maximum Gasteiger partial charge on any atom is 0.255 e. The second kappa shape index (κ2) is 9.21. The summed E-state index contributed by atoms with van der Waals surface area (Å²) in [6, 6.07) is 5.57. The Bertz CT molecular complexity index is 1220. The summed E-state index contributed by atoms with van der Waals surface area (Å²) in [5.74, 6) is 0.390. The number of methoxy groups -OCH3 is 1. The molecule has 1 aromatic carbocycles. The number of hydrogen-bond donors (Lipinski definition) is 1. The van der Waals surface area contributed by atoms with Gasteiger partial charge in [-0.2, -0.15) is 0 Å². The number of aryl methyl sites for hydroxylation is 4. The molecule has 0 saturated carbocycles. The third-order valence-corrected chi connectivity index (χ3v) is 6.48. The lowest BCUT2D eigenvalue weighted by atomic mass is 10.00. The molecule has 8 nitrogen and oxygen atoms in total. The number of carbonyl (C=O) groups excluding carboxylic acids is 2. The average molecular weight is 450 g/mol. The minimum Gasteiger partial charge on any atom is -0.479 e. The van der Waals surface area contributed by atoms with Gasteiger partial charge in [0.25, 0.3) is 5.91 Å². The van der Waals surface area contributed by atoms with E-state index in [1.54, 1.807) is 17.9 Å². The molecule has 3 heterocycles. The minimum atomic E-state index is -0.128. The summed E-state index contributed by atoms with van der Waals surface area (Å²) in [5, 5.41) is 8.27. The van der Waals surface area contributed by atoms with Gasteiger partial charge in [0, 0.05) is 32.3 Å². The smallest absolute Gasteiger partial charge is 0.255 e. The molecule has 2 aromatic heterocycles. The molecule has 0 atom stereocenters. The molecule has 1 aliphatic rings. The number of carbonyl (C=O) groups is 2. The number of rotatable bonds is 6. The zero-order valence-electron chi connectivity index (χ0n) is 20.0. The molecule has 0 aliphatic carbocycles. The van der Waals surface area contributed by atoms with Crippen LogP contribution >= 0.6 is 0 Å². The number of amides is 2. The number of pyridine rings is 1. The summed E-state index contributed by atoms with van der Waals surface area (Å²) in [4.78, 5) is 32.5. The maximum absolute atomic E-state index is 13.0. The Labute approximate surface area is 193 Å². The fourth-order valence-electron chi connectivity index (χ4n) is 4.65. The predicted octanol–water partition coefficient (Wildman–Crippen LogP) is 3.71. The maximum atomic E-state index is 13.0. The summed E-state index contributed by atoms with van der Waals surface area (Å²) in [6.07, 6.45) is 2.87. The number of fused-ring (bicyclic) bond motifs is 1. The molecule has 4 rings (SSSR count). The minimum absolute atomic E-state index is 0.0171. The molecule has 2 amide bonds. The van der Waals surface area contributed by atoms with Gasteiger partial charge in [0.15, 0.2) is 5.65 Å². The van der Waals surface area contributed by atoms with Crippen molar-refractivity contribution in [2.24, 2.45) is 7.05 Å². The first-order valence-electron chi connectivity index (χ1n) is 11.4. The molecule has 1 aliphatic heterocycles. The quantitative estimate of drug-likeness (QED) is 0.620. The molecule has 3 aromatic rings. The fourth-order valence-corrected chi connectivity index (χ4v) is 4.65. The van der Waals surface area contributed by atoms with Crippen LogP contribution in [0.3, 0.4) is 0 Å². The summed E-state index contributed by atoms with van der Waals surface area (Å²) in [7, 11) is 3.43. The zero-order valence-corrected chi connectivity index (χ0v) is 20.0. The van der Waals surface area contributed by atoms with E-state index < -0.39 is 0 Å². The van der Waals surface area contributed by atoms with Crippen LogP contribution in [0.15, 0.2) is 18.2 Å². The van der Waals surface area contributed by atoms with Gasteiger partial charge in [0.2, 0.25) is 11.8 Å². The van der Waals surface area contributed by atoms with Crippen LogP contribution in [-0.2, 0) is 18.3 Å². The van der Waals surface area contributed by atoms with E-state index in [2.05, 4.69) is 10.4 Å². The van der Waals surface area contributed by atoms with E-state index in [-0.39, 0.29) is 18.2 Å². The number of hydrogen-bond acceptors (Lipinski definition) is 5. The lowest BCUT2D eigenvalue weighted by Crippen LogP contribution is -2.29. The van der Waals surface area contributed by atoms with Crippen LogP contribution in [0.4, 0.5) is 5.69 Å². The molecule has 8 heteroatoms. The van der Waals surface area contributed by atoms with E-state index >= 15 is 0 Å². The van der Waals surface area contributed by atoms with Crippen molar-refractivity contribution < 1.29 is 14.3 Å². The fraction of sp³-hybridized carbons (Fsp3) is 0.440. The first-order chi connectivity index (χ1) is 15.8. The lowest BCUT2D eigenvalue weighted by Gasteiger charge is -2.19. The number of likely N-dealkylation sites (tertiary alicyclic amines) is 1. The molecule has 0 spiro atoms. The van der Waals surface area contributed by atoms with E-state index in [0.717, 1.165) is 59.3 Å². The summed E-state index contributed by atoms with van der Waals surface area (Å²) in [5.41, 5.74) is 5.72. The largest absolute Gasteiger partial charge is 0.479 e. The number of ether oxygens (including phenoxy) is 1. The van der Waals surface area contributed by atoms with Crippen LogP contribution in [0.1, 0.15) is 52.0 Å². The molecular formula is C25H31N5O3. The van der Waals surface area contributed by atoms with Crippen molar-refractivity contribution in [1.82, 2.24) is 19.7 Å². The van der Waals surface area contributed by atoms with Crippen LogP contribution in [0, 0.1) is 20.8 Å². The summed E-state index contributed by atoms with van der Waals surface area (Å²) in [6.45, 7) is 7.42. The Balaban J connectivity index is 1.54. The molecule has 1 N–H and O–H groups in total. The molecule has 0 radical (unpaired) electrons. The molecule has 0 unspecified atom stereocenters. The second-order valence-electron chi connectivity index (χ2n) is 8.68. The number of aromatic nitrogens is 3. The Morgan fingerprint density at radius 2 is 1.88 bits per heavy atom. The number of anilines is 1. The van der Waals surface area contributed by atoms with Crippen LogP contribution in [0.5, 0.6) is 5.88 Å². The van der Waals surface area contributed by atoms with Gasteiger partial charge >= 0.3 is 0 Å². The predicted molar refractivity (Wildman–Crippen MR) is 128 cm³/mol. The van der Waals surface area contributed by atoms with Gasteiger partial charge in [-0.15, -0.1) is 5.10 Å². The molecule has 174 valence electrons. The topological polar surface area (TPSA) is 89.3 Å². The van der Waals surface area contributed by atoms with Gasteiger partial charge in [-0.05, 0) is 62.8 Å². The van der Waals surface area contributed by atoms with Gasteiger partial charge in [-0.3, -0.25) is 9.59 Å². The van der Waals surface area contributed by atoms with Crippen molar-refractivity contribution >= 4 is 28.5 Å². The second-order valence-corrected chi connectivity index (χ2v) is 8.68. The van der Waals surface area contributed by atoms with Gasteiger partial charge in [0.05, 0.1) is 23.7 Å². The third kappa shape index (κ3) is 4.29. The Morgan fingerprint density at radius 3 is 2.58 bits per heavy atom. The molecule has 1 saturated heterocycles. The highest BCUT2D eigenvalue weighted by Gasteiger charge is 2.24. The van der Waals surface area contributed by atoms with Crippen molar-refractivity contribution in [3.05, 3.63) is 46.1 Å². The third-order valence-electron chi connectivity index (χ3n) is 6.48. The first kappa shape index (κ1) is 22.8. The van der Waals surface area contributed by atoms with Crippen LogP contribution in [-0.4, -0.2) is 51.7 Å². The Morgan fingerprint density at radius 1 is 1.15 bits per heavy atom. The van der Waals surface area contributed by atoms with Gasteiger partial charge < -0.3 is 15.0 Å². The molecular weight excluding hydrogens is 418 g/mol. The first-order valence-corrected chi connectivity index (χ1v) is 11.4. The van der Waals surface area contributed by atoms with E-state index in [4.69, 9.17) is 9.72 Å². The van der Waals surface area contributed by atoms with Gasteiger partial charge in [-0.1, -0.05) is 12.1 Å². The van der Waals surface area contributed by atoms with Crippen molar-refractivity contribution in [3.63, 3.8) is 0 Å². The van der Waals surface area contributed by atoms with Crippen LogP contribution < -0.4 is 10.1 Å². The molecule has 0 bridgehead atoms. The van der Waals surface area contributed by atoms with E-state index in [1.807, 2.05) is 44.9 Å². The Kier molecular flexibility index (Phi) is 6.35. The number of benzene rings is 1. The van der Waals surface area contributed by atoms with Crippen molar-refractivity contribution in [2.45, 2.75) is 46.5 Å². The standard InChI is InChI=1S/C25H31N5O3/c1-15-9-8-10-19(25(32)30-13-6-7-14-30)22(15)27-20(31)12-11-18-16(2)21-23(26-17(18)3)29(4)28-24(21)33-5/h8-10H,6-7,11-14H2,1-5H3,(H,27,31). The van der Waals surface area contributed by atoms with E-state index in [9.17, 15) is 9.59 Å². The average Bonchev–Trinajstić information content (AvgIpc) is 3.43. The monoisotopic (exact) mass is 449 g/mol. The molecule has 1 fully saturated rings. The van der Waals surface area contributed by atoms with Gasteiger partial charge in [-0.25, -0.2) is 9.67 Å². The number of nitrogens with one attached hydrogen (secondary N) is 1. The highest BCUT2D eigenvalue weighted by molar-refractivity contribution is 6.04. The van der Waals surface area contributed by atoms with Crippen LogP contribution in [0.25, 0.3) is 11.0 Å². The lowest BCUT2D eigenvalue weighted by molar-refractivity contribution is -0.116. The highest BCUT2D eigenvalue weighted by Crippen LogP contribution is 2.31. The SMILES string of the molecule is COc1nn(C)c2nc(C)c(CCC(=O)Nc3c(C)cccc3C(=O)N3CCCC3)c(C)c12. The summed E-state index contributed by atoms with van der Waals surface area (Å²) < 4.78 is 7.14.